The average Bonchev–Trinajstić information content (AvgIpc) is 3.11. The third-order valence-electron chi connectivity index (χ3n) is 5.76. The quantitative estimate of drug-likeness (QED) is 0.640. The molecule has 5 heteroatoms. The molecule has 0 bridgehead atoms. The van der Waals surface area contributed by atoms with Gasteiger partial charge in [0, 0.05) is 17.8 Å². The Morgan fingerprint density at radius 2 is 2.08 bits per heavy atom. The summed E-state index contributed by atoms with van der Waals surface area (Å²) < 4.78 is 13.9. The molecule has 2 aliphatic rings. The largest absolute Gasteiger partial charge is 0.377 e. The van der Waals surface area contributed by atoms with E-state index in [0.717, 1.165) is 28.5 Å². The zero-order valence-corrected chi connectivity index (χ0v) is 15.1. The number of nitrogens with one attached hydrogen (secondary N) is 3. The highest BCUT2D eigenvalue weighted by atomic mass is 19.1. The summed E-state index contributed by atoms with van der Waals surface area (Å²) in [4.78, 5) is 3.22. The minimum absolute atomic E-state index is 0.0145. The lowest BCUT2D eigenvalue weighted by Gasteiger charge is -2.40. The zero-order valence-electron chi connectivity index (χ0n) is 15.1. The fraction of sp³-hybridized carbons (Fsp3) is 0.429. The van der Waals surface area contributed by atoms with Gasteiger partial charge in [-0.05, 0) is 60.0 Å². The smallest absolute Gasteiger partial charge is 0.124 e. The van der Waals surface area contributed by atoms with Crippen molar-refractivity contribution in [2.75, 3.05) is 7.05 Å². The van der Waals surface area contributed by atoms with Crippen molar-refractivity contribution in [3.63, 3.8) is 0 Å². The maximum Gasteiger partial charge on any atom is 0.124 e. The summed E-state index contributed by atoms with van der Waals surface area (Å²) in [5, 5.41) is 18.1. The van der Waals surface area contributed by atoms with Crippen molar-refractivity contribution in [1.29, 1.82) is 0 Å². The first kappa shape index (κ1) is 17.5. The van der Waals surface area contributed by atoms with Gasteiger partial charge in [0.1, 0.15) is 12.4 Å². The molecule has 2 aromatic rings. The lowest BCUT2D eigenvalue weighted by atomic mass is 9.77. The van der Waals surface area contributed by atoms with Crippen LogP contribution in [-0.2, 0) is 0 Å². The van der Waals surface area contributed by atoms with Gasteiger partial charge >= 0.3 is 0 Å². The second kappa shape index (κ2) is 6.99. The number of rotatable bonds is 3. The SMILES string of the molecule is CNC1C=C(c2ccc3[nH]ccc3c2)C(C2C=CC(F)C(C)C2)NC1O. The van der Waals surface area contributed by atoms with E-state index in [4.69, 9.17) is 0 Å². The second-order valence-corrected chi connectivity index (χ2v) is 7.51. The number of benzene rings is 1. The van der Waals surface area contributed by atoms with Crippen LogP contribution in [0, 0.1) is 11.8 Å². The number of aliphatic hydroxyl groups is 1. The topological polar surface area (TPSA) is 60.1 Å². The number of H-pyrrole nitrogens is 1. The lowest BCUT2D eigenvalue weighted by molar-refractivity contribution is 0.0909. The normalized spacial score (nSPS) is 34.8. The first-order valence-corrected chi connectivity index (χ1v) is 9.30. The van der Waals surface area contributed by atoms with Crippen molar-refractivity contribution in [1.82, 2.24) is 15.6 Å². The fourth-order valence-corrected chi connectivity index (χ4v) is 4.19. The second-order valence-electron chi connectivity index (χ2n) is 7.51. The van der Waals surface area contributed by atoms with Crippen molar-refractivity contribution >= 4 is 16.5 Å². The maximum atomic E-state index is 13.9. The molecule has 1 aliphatic heterocycles. The van der Waals surface area contributed by atoms with Crippen LogP contribution in [0.4, 0.5) is 4.39 Å². The summed E-state index contributed by atoms with van der Waals surface area (Å²) in [5.41, 5.74) is 3.38. The van der Waals surface area contributed by atoms with Crippen molar-refractivity contribution in [2.45, 2.75) is 37.8 Å². The van der Waals surface area contributed by atoms with Gasteiger partial charge in [-0.1, -0.05) is 31.2 Å². The molecule has 4 N–H and O–H groups in total. The molecule has 2 heterocycles. The molecule has 4 nitrogen and oxygen atoms in total. The number of aliphatic hydroxyl groups excluding tert-OH is 1. The molecule has 1 aromatic carbocycles. The molecule has 0 fully saturated rings. The Labute approximate surface area is 153 Å². The number of aromatic amines is 1. The first-order valence-electron chi connectivity index (χ1n) is 9.30. The lowest BCUT2D eigenvalue weighted by Crippen LogP contribution is -2.55. The molecule has 4 rings (SSSR count). The van der Waals surface area contributed by atoms with Gasteiger partial charge < -0.3 is 15.4 Å². The molecule has 138 valence electrons. The monoisotopic (exact) mass is 355 g/mol. The summed E-state index contributed by atoms with van der Waals surface area (Å²) >= 11 is 0. The number of aromatic nitrogens is 1. The van der Waals surface area contributed by atoms with Crippen molar-refractivity contribution in [3.05, 3.63) is 54.3 Å². The van der Waals surface area contributed by atoms with Crippen LogP contribution in [0.15, 0.2) is 48.7 Å². The minimum Gasteiger partial charge on any atom is -0.377 e. The third kappa shape index (κ3) is 3.11. The number of likely N-dealkylation sites (N-methyl/N-ethyl adjacent to an activating group) is 1. The fourth-order valence-electron chi connectivity index (χ4n) is 4.19. The molecule has 1 aromatic heterocycles. The summed E-state index contributed by atoms with van der Waals surface area (Å²) in [7, 11) is 1.84. The van der Waals surface area contributed by atoms with E-state index >= 15 is 0 Å². The van der Waals surface area contributed by atoms with Crippen LogP contribution < -0.4 is 10.6 Å². The Morgan fingerprint density at radius 3 is 2.85 bits per heavy atom. The van der Waals surface area contributed by atoms with Gasteiger partial charge in [0.25, 0.3) is 0 Å². The molecule has 6 atom stereocenters. The molecule has 0 saturated carbocycles. The van der Waals surface area contributed by atoms with E-state index in [2.05, 4.69) is 46.0 Å². The Kier molecular flexibility index (Phi) is 4.69. The number of halogens is 1. The van der Waals surface area contributed by atoms with E-state index in [-0.39, 0.29) is 23.9 Å². The molecule has 26 heavy (non-hydrogen) atoms. The summed E-state index contributed by atoms with van der Waals surface area (Å²) in [6.45, 7) is 1.95. The van der Waals surface area contributed by atoms with Gasteiger partial charge in [-0.3, -0.25) is 5.32 Å². The standard InChI is InChI=1S/C21H26FN3O/c1-12-9-15(3-5-17(12)22)20-16(11-19(23-2)21(26)25-20)13-4-6-18-14(10-13)7-8-24-18/h3-8,10-12,15,17,19-21,23-26H,9H2,1-2H3. The van der Waals surface area contributed by atoms with E-state index in [1.807, 2.05) is 26.2 Å². The molecular weight excluding hydrogens is 329 g/mol. The Bertz CT molecular complexity index is 843. The summed E-state index contributed by atoms with van der Waals surface area (Å²) in [5.74, 6) is 0.136. The van der Waals surface area contributed by atoms with Crippen LogP contribution in [0.25, 0.3) is 16.5 Å². The molecule has 0 radical (unpaired) electrons. The van der Waals surface area contributed by atoms with Gasteiger partial charge in [0.05, 0.1) is 6.04 Å². The zero-order chi connectivity index (χ0) is 18.3. The third-order valence-corrected chi connectivity index (χ3v) is 5.76. The molecule has 0 amide bonds. The van der Waals surface area contributed by atoms with E-state index in [0.29, 0.717) is 0 Å². The number of alkyl halides is 1. The van der Waals surface area contributed by atoms with Crippen LogP contribution >= 0.6 is 0 Å². The first-order chi connectivity index (χ1) is 12.6. The van der Waals surface area contributed by atoms with Gasteiger partial charge in [0.2, 0.25) is 0 Å². The molecule has 0 spiro atoms. The number of hydrogen-bond acceptors (Lipinski definition) is 3. The minimum atomic E-state index is -0.881. The van der Waals surface area contributed by atoms with Crippen LogP contribution in [0.3, 0.4) is 0 Å². The van der Waals surface area contributed by atoms with E-state index in [1.165, 1.54) is 0 Å². The average molecular weight is 355 g/mol. The highest BCUT2D eigenvalue weighted by molar-refractivity contribution is 5.85. The predicted molar refractivity (Wildman–Crippen MR) is 103 cm³/mol. The molecule has 1 aliphatic carbocycles. The van der Waals surface area contributed by atoms with Gasteiger partial charge in [-0.2, -0.15) is 0 Å². The number of fused-ring (bicyclic) bond motifs is 1. The highest BCUT2D eigenvalue weighted by Crippen LogP contribution is 2.36. The van der Waals surface area contributed by atoms with E-state index in [9.17, 15) is 9.50 Å². The van der Waals surface area contributed by atoms with Gasteiger partial charge in [0.15, 0.2) is 0 Å². The Balaban J connectivity index is 1.74. The Hall–Kier alpha value is -1.95. The van der Waals surface area contributed by atoms with Crippen LogP contribution in [0.1, 0.15) is 18.9 Å². The van der Waals surface area contributed by atoms with Crippen molar-refractivity contribution in [2.24, 2.45) is 11.8 Å². The van der Waals surface area contributed by atoms with Gasteiger partial charge in [-0.15, -0.1) is 0 Å². The summed E-state index contributed by atoms with van der Waals surface area (Å²) in [6.07, 6.45) is 6.90. The van der Waals surface area contributed by atoms with E-state index in [1.54, 1.807) is 6.08 Å². The van der Waals surface area contributed by atoms with Gasteiger partial charge in [-0.25, -0.2) is 4.39 Å². The van der Waals surface area contributed by atoms with E-state index < -0.39 is 12.4 Å². The maximum absolute atomic E-state index is 13.9. The molecule has 6 unspecified atom stereocenters. The van der Waals surface area contributed by atoms with Crippen LogP contribution in [0.5, 0.6) is 0 Å². The number of hydrogen-bond donors (Lipinski definition) is 4. The molecular formula is C21H26FN3O. The Morgan fingerprint density at radius 1 is 1.23 bits per heavy atom. The highest BCUT2D eigenvalue weighted by Gasteiger charge is 2.36. The van der Waals surface area contributed by atoms with Crippen LogP contribution in [0.2, 0.25) is 0 Å². The van der Waals surface area contributed by atoms with Crippen molar-refractivity contribution < 1.29 is 9.50 Å². The van der Waals surface area contributed by atoms with Crippen LogP contribution in [-0.4, -0.2) is 41.6 Å². The molecule has 0 saturated heterocycles. The van der Waals surface area contributed by atoms with Crippen molar-refractivity contribution in [3.8, 4) is 0 Å². The predicted octanol–water partition coefficient (Wildman–Crippen LogP) is 2.98. The summed E-state index contributed by atoms with van der Waals surface area (Å²) in [6, 6.07) is 8.21. The number of allylic oxidation sites excluding steroid dienone is 1.